The first-order chi connectivity index (χ1) is 32.2. The van der Waals surface area contributed by atoms with Crippen molar-refractivity contribution >= 4 is 0 Å². The molecule has 0 radical (unpaired) electrons. The number of fused-ring (bicyclic) bond motifs is 2. The topological polar surface area (TPSA) is 103 Å². The number of aliphatic hydroxyl groups excluding tert-OH is 1. The average Bonchev–Trinajstić information content (AvgIpc) is 3.80. The molecule has 1 unspecified atom stereocenters. The van der Waals surface area contributed by atoms with Gasteiger partial charge < -0.3 is 47.7 Å². The van der Waals surface area contributed by atoms with Crippen LogP contribution in [0.25, 0.3) is 0 Å². The second-order valence-corrected chi connectivity index (χ2v) is 16.9. The second kappa shape index (κ2) is 22.9. The summed E-state index contributed by atoms with van der Waals surface area (Å²) in [4.78, 5) is 0. The maximum absolute atomic E-state index is 13.4. The lowest BCUT2D eigenvalue weighted by atomic mass is 9.79. The lowest BCUT2D eigenvalue weighted by molar-refractivity contribution is -0.309. The Kier molecular flexibility index (Phi) is 15.9. The molecule has 3 heterocycles. The molecule has 6 aromatic carbocycles. The first kappa shape index (κ1) is 45.1. The molecule has 0 amide bonds. The molecule has 2 bridgehead atoms. The van der Waals surface area contributed by atoms with Crippen LogP contribution in [0.15, 0.2) is 182 Å². The third kappa shape index (κ3) is 11.9. The van der Waals surface area contributed by atoms with Gasteiger partial charge >= 0.3 is 0 Å². The summed E-state index contributed by atoms with van der Waals surface area (Å²) in [6, 6.07) is 60.1. The van der Waals surface area contributed by atoms with Gasteiger partial charge in [0.1, 0.15) is 42.7 Å². The minimum atomic E-state index is -1.23. The number of ether oxygens (including phenoxy) is 9. The number of hydrogen-bond acceptors (Lipinski definition) is 10. The maximum atomic E-state index is 13.4. The van der Waals surface area contributed by atoms with Crippen LogP contribution in [0, 0.1) is 5.92 Å². The highest BCUT2D eigenvalue weighted by atomic mass is 16.8. The van der Waals surface area contributed by atoms with E-state index in [4.69, 9.17) is 42.6 Å². The summed E-state index contributed by atoms with van der Waals surface area (Å²) in [7, 11) is 0. The lowest BCUT2D eigenvalue weighted by Gasteiger charge is -2.51. The Morgan fingerprint density at radius 3 is 1.23 bits per heavy atom. The zero-order valence-electron chi connectivity index (χ0n) is 36.4. The fourth-order valence-corrected chi connectivity index (χ4v) is 9.05. The molecule has 3 aliphatic rings. The molecule has 0 aromatic heterocycles. The Labute approximate surface area is 381 Å². The highest BCUT2D eigenvalue weighted by molar-refractivity contribution is 5.19. The molecule has 338 valence electrons. The number of hydrogen-bond donors (Lipinski definition) is 1. The van der Waals surface area contributed by atoms with Crippen molar-refractivity contribution in [2.75, 3.05) is 13.2 Å². The van der Waals surface area contributed by atoms with Gasteiger partial charge in [-0.1, -0.05) is 182 Å². The van der Waals surface area contributed by atoms with Crippen LogP contribution in [-0.4, -0.2) is 79.5 Å². The van der Waals surface area contributed by atoms with E-state index in [1.165, 1.54) is 0 Å². The quantitative estimate of drug-likeness (QED) is 0.0757. The molecule has 3 saturated heterocycles. The molecule has 6 aromatic rings. The van der Waals surface area contributed by atoms with Crippen LogP contribution in [0.1, 0.15) is 33.4 Å². The summed E-state index contributed by atoms with van der Waals surface area (Å²) in [6.45, 7) is 2.13. The molecule has 1 N–H and O–H groups in total. The Balaban J connectivity index is 1.10. The van der Waals surface area contributed by atoms with Crippen molar-refractivity contribution in [1.82, 2.24) is 0 Å². The molecule has 65 heavy (non-hydrogen) atoms. The fraction of sp³-hybridized carbons (Fsp3) is 0.345. The molecule has 0 saturated carbocycles. The summed E-state index contributed by atoms with van der Waals surface area (Å²) >= 11 is 0. The minimum absolute atomic E-state index is 0.151. The van der Waals surface area contributed by atoms with Crippen LogP contribution in [0.5, 0.6) is 0 Å². The second-order valence-electron chi connectivity index (χ2n) is 16.9. The molecule has 10 heteroatoms. The van der Waals surface area contributed by atoms with Crippen LogP contribution in [0.2, 0.25) is 0 Å². The zero-order chi connectivity index (χ0) is 44.0. The van der Waals surface area contributed by atoms with E-state index in [-0.39, 0.29) is 39.6 Å². The van der Waals surface area contributed by atoms with Crippen molar-refractivity contribution in [2.45, 2.75) is 101 Å². The van der Waals surface area contributed by atoms with Gasteiger partial charge in [0, 0.05) is 5.92 Å². The Hall–Kier alpha value is -5.08. The predicted molar refractivity (Wildman–Crippen MR) is 244 cm³/mol. The van der Waals surface area contributed by atoms with E-state index < -0.39 is 67.1 Å². The molecular weight excluding hydrogens is 821 g/mol. The van der Waals surface area contributed by atoms with Crippen LogP contribution >= 0.6 is 0 Å². The molecule has 3 aliphatic heterocycles. The molecule has 0 spiro atoms. The minimum Gasteiger partial charge on any atom is -0.390 e. The zero-order valence-corrected chi connectivity index (χ0v) is 36.4. The molecule has 3 fully saturated rings. The Morgan fingerprint density at radius 1 is 0.415 bits per heavy atom. The van der Waals surface area contributed by atoms with Gasteiger partial charge in [-0.3, -0.25) is 0 Å². The monoisotopic (exact) mass is 878 g/mol. The molecule has 11 atom stereocenters. The van der Waals surface area contributed by atoms with Crippen LogP contribution in [-0.2, 0) is 82.3 Å². The van der Waals surface area contributed by atoms with Gasteiger partial charge in [-0.25, -0.2) is 0 Å². The third-order valence-electron chi connectivity index (χ3n) is 12.3. The molecular formula is C55H58O10. The van der Waals surface area contributed by atoms with E-state index >= 15 is 0 Å². The van der Waals surface area contributed by atoms with Gasteiger partial charge in [0.2, 0.25) is 0 Å². The van der Waals surface area contributed by atoms with E-state index in [2.05, 4.69) is 0 Å². The van der Waals surface area contributed by atoms with Crippen molar-refractivity contribution in [3.8, 4) is 0 Å². The smallest absolute Gasteiger partial charge is 0.184 e. The van der Waals surface area contributed by atoms with Crippen LogP contribution < -0.4 is 0 Å². The number of rotatable bonds is 21. The lowest BCUT2D eigenvalue weighted by Crippen LogP contribution is -2.67. The fourth-order valence-electron chi connectivity index (χ4n) is 9.05. The van der Waals surface area contributed by atoms with E-state index in [0.717, 1.165) is 33.4 Å². The summed E-state index contributed by atoms with van der Waals surface area (Å²) in [6.07, 6.45) is -7.76. The van der Waals surface area contributed by atoms with Gasteiger partial charge in [0.25, 0.3) is 0 Å². The highest BCUT2D eigenvalue weighted by Crippen LogP contribution is 2.42. The van der Waals surface area contributed by atoms with E-state index in [1.807, 2.05) is 182 Å². The van der Waals surface area contributed by atoms with Crippen molar-refractivity contribution in [3.63, 3.8) is 0 Å². The Morgan fingerprint density at radius 2 is 0.785 bits per heavy atom. The van der Waals surface area contributed by atoms with E-state index in [0.29, 0.717) is 13.2 Å². The largest absolute Gasteiger partial charge is 0.390 e. The predicted octanol–water partition coefficient (Wildman–Crippen LogP) is 8.63. The average molecular weight is 879 g/mol. The molecule has 10 nitrogen and oxygen atoms in total. The summed E-state index contributed by atoms with van der Waals surface area (Å²) in [5.74, 6) is -0.691. The van der Waals surface area contributed by atoms with Gasteiger partial charge in [-0.05, 0) is 33.4 Å². The summed E-state index contributed by atoms with van der Waals surface area (Å²) < 4.78 is 61.1. The van der Waals surface area contributed by atoms with Gasteiger partial charge in [-0.2, -0.15) is 0 Å². The molecule has 9 rings (SSSR count). The van der Waals surface area contributed by atoms with Crippen LogP contribution in [0.3, 0.4) is 0 Å². The Bertz CT molecular complexity index is 2200. The van der Waals surface area contributed by atoms with Crippen molar-refractivity contribution in [2.24, 2.45) is 5.92 Å². The number of aliphatic hydroxyl groups is 1. The molecule has 0 aliphatic carbocycles. The van der Waals surface area contributed by atoms with Gasteiger partial charge in [0.15, 0.2) is 6.29 Å². The van der Waals surface area contributed by atoms with Gasteiger partial charge in [-0.15, -0.1) is 0 Å². The van der Waals surface area contributed by atoms with E-state index in [1.54, 1.807) is 0 Å². The number of benzene rings is 6. The standard InChI is InChI=1S/C55H58O10/c56-48(47-49(58-32-40-21-9-2-10-22-40)46-38-63-55(65-46)51(47)60-34-42-25-13-4-14-26-42)52-54(62-36-44-29-17-6-18-30-44)53(61-35-43-27-15-5-16-28-43)50(59-33-41-23-11-3-12-24-41)45(64-52)37-57-31-39-19-7-1-8-20-39/h1-30,45-56H,31-38H2/t45-,46-,47+,48?,49-,50-,51+,52-,53-,54+,55-/m1/s1. The summed E-state index contributed by atoms with van der Waals surface area (Å²) in [5, 5.41) is 13.4. The van der Waals surface area contributed by atoms with E-state index in [9.17, 15) is 5.11 Å². The highest BCUT2D eigenvalue weighted by Gasteiger charge is 2.59. The SMILES string of the molecule is OC([C@@H]1[C@H](OCc2ccccc2)[C@@H]2OC[C@@H](O2)[C@H]1OCc1ccccc1)[C@H]1O[C@H](COCc2ccccc2)[C@@H](OCc2ccccc2)[C@@H](OCc2ccccc2)[C@H]1OCc1ccccc1. The van der Waals surface area contributed by atoms with Crippen molar-refractivity contribution < 1.29 is 47.7 Å². The van der Waals surface area contributed by atoms with Gasteiger partial charge in [0.05, 0.1) is 65.1 Å². The normalized spacial score (nSPS) is 26.7. The first-order valence-corrected chi connectivity index (χ1v) is 22.7. The van der Waals surface area contributed by atoms with Crippen molar-refractivity contribution in [3.05, 3.63) is 215 Å². The van der Waals surface area contributed by atoms with Crippen LogP contribution in [0.4, 0.5) is 0 Å². The summed E-state index contributed by atoms with van der Waals surface area (Å²) in [5.41, 5.74) is 5.93. The van der Waals surface area contributed by atoms with Crippen molar-refractivity contribution in [1.29, 1.82) is 0 Å². The first-order valence-electron chi connectivity index (χ1n) is 22.7. The third-order valence-corrected chi connectivity index (χ3v) is 12.3. The maximum Gasteiger partial charge on any atom is 0.184 e.